The van der Waals surface area contributed by atoms with Crippen LogP contribution in [0, 0.1) is 6.92 Å². The average Bonchev–Trinajstić information content (AvgIpc) is 3.23. The van der Waals surface area contributed by atoms with Crippen LogP contribution in [0.5, 0.6) is 0 Å². The minimum atomic E-state index is -0.0304. The maximum absolute atomic E-state index is 12.2. The van der Waals surface area contributed by atoms with Crippen molar-refractivity contribution in [2.45, 2.75) is 13.3 Å². The van der Waals surface area contributed by atoms with Gasteiger partial charge in [-0.1, -0.05) is 0 Å². The molecule has 2 heterocycles. The lowest BCUT2D eigenvalue weighted by molar-refractivity contribution is 0.0954. The van der Waals surface area contributed by atoms with Gasteiger partial charge in [0, 0.05) is 42.1 Å². The quantitative estimate of drug-likeness (QED) is 0.706. The van der Waals surface area contributed by atoms with Gasteiger partial charge in [0.05, 0.1) is 15.6 Å². The number of hydrogen-bond donors (Lipinski definition) is 1. The number of carbonyl (C=O) groups excluding carboxylic acids is 1. The van der Waals surface area contributed by atoms with Crippen LogP contribution < -0.4 is 10.2 Å². The van der Waals surface area contributed by atoms with E-state index in [-0.39, 0.29) is 5.91 Å². The highest BCUT2D eigenvalue weighted by Crippen LogP contribution is 2.29. The van der Waals surface area contributed by atoms with Crippen LogP contribution in [-0.2, 0) is 6.42 Å². The highest BCUT2D eigenvalue weighted by Gasteiger charge is 2.08. The molecule has 1 aromatic carbocycles. The van der Waals surface area contributed by atoms with Crippen molar-refractivity contribution >= 4 is 34.3 Å². The first kappa shape index (κ1) is 17.6. The zero-order valence-electron chi connectivity index (χ0n) is 14.6. The van der Waals surface area contributed by atoms with Crippen LogP contribution in [0.1, 0.15) is 20.2 Å². The number of benzene rings is 1. The van der Waals surface area contributed by atoms with Crippen LogP contribution in [0.2, 0.25) is 0 Å². The number of thiophene rings is 1. The van der Waals surface area contributed by atoms with Crippen molar-refractivity contribution < 1.29 is 4.79 Å². The van der Waals surface area contributed by atoms with Gasteiger partial charge in [0.1, 0.15) is 0 Å². The summed E-state index contributed by atoms with van der Waals surface area (Å²) in [5.74, 6) is -0.0304. The first-order chi connectivity index (χ1) is 12.0. The van der Waals surface area contributed by atoms with Gasteiger partial charge in [-0.3, -0.25) is 4.79 Å². The van der Waals surface area contributed by atoms with Crippen molar-refractivity contribution in [3.05, 3.63) is 57.2 Å². The van der Waals surface area contributed by atoms with Gasteiger partial charge in [0.15, 0.2) is 0 Å². The SMILES string of the molecule is Cc1nc(-c2ccc(CCNC(=O)c3ccc(N(C)C)cc3)s2)cs1. The molecule has 3 aromatic rings. The molecule has 1 amide bonds. The summed E-state index contributed by atoms with van der Waals surface area (Å²) in [4.78, 5) is 21.2. The number of thiazole rings is 1. The number of carbonyl (C=O) groups is 1. The van der Waals surface area contributed by atoms with Gasteiger partial charge in [-0.05, 0) is 49.7 Å². The van der Waals surface area contributed by atoms with E-state index in [9.17, 15) is 4.79 Å². The molecule has 1 N–H and O–H groups in total. The molecule has 0 saturated heterocycles. The maximum atomic E-state index is 12.2. The summed E-state index contributed by atoms with van der Waals surface area (Å²) in [7, 11) is 3.97. The monoisotopic (exact) mass is 371 g/mol. The molecule has 0 atom stereocenters. The van der Waals surface area contributed by atoms with Gasteiger partial charge in [0.25, 0.3) is 5.91 Å². The molecule has 0 aliphatic heterocycles. The third kappa shape index (κ3) is 4.46. The van der Waals surface area contributed by atoms with E-state index < -0.39 is 0 Å². The van der Waals surface area contributed by atoms with Crippen LogP contribution >= 0.6 is 22.7 Å². The lowest BCUT2D eigenvalue weighted by Gasteiger charge is -2.12. The lowest BCUT2D eigenvalue weighted by Crippen LogP contribution is -2.25. The van der Waals surface area contributed by atoms with E-state index in [1.54, 1.807) is 22.7 Å². The second kappa shape index (κ2) is 7.80. The van der Waals surface area contributed by atoms with Gasteiger partial charge in [0.2, 0.25) is 0 Å². The van der Waals surface area contributed by atoms with Crippen molar-refractivity contribution in [1.82, 2.24) is 10.3 Å². The predicted octanol–water partition coefficient (Wildman–Crippen LogP) is 4.22. The van der Waals surface area contributed by atoms with Crippen LogP contribution in [0.25, 0.3) is 10.6 Å². The van der Waals surface area contributed by atoms with E-state index in [2.05, 4.69) is 27.8 Å². The fraction of sp³-hybridized carbons (Fsp3) is 0.263. The second-order valence-corrected chi connectivity index (χ2v) is 8.20. The Labute approximate surface area is 156 Å². The third-order valence-corrected chi connectivity index (χ3v) is 5.78. The first-order valence-corrected chi connectivity index (χ1v) is 9.79. The number of nitrogens with zero attached hydrogens (tertiary/aromatic N) is 2. The summed E-state index contributed by atoms with van der Waals surface area (Å²) >= 11 is 3.41. The topological polar surface area (TPSA) is 45.2 Å². The van der Waals surface area contributed by atoms with Gasteiger partial charge in [-0.25, -0.2) is 4.98 Å². The number of aryl methyl sites for hydroxylation is 1. The molecule has 6 heteroatoms. The molecule has 0 saturated carbocycles. The summed E-state index contributed by atoms with van der Waals surface area (Å²) < 4.78 is 0. The van der Waals surface area contributed by atoms with E-state index in [0.29, 0.717) is 12.1 Å². The number of rotatable bonds is 6. The molecule has 2 aromatic heterocycles. The number of aromatic nitrogens is 1. The minimum absolute atomic E-state index is 0.0304. The Kier molecular flexibility index (Phi) is 5.50. The van der Waals surface area contributed by atoms with Crippen LogP contribution in [0.3, 0.4) is 0 Å². The van der Waals surface area contributed by atoms with Crippen molar-refractivity contribution in [2.75, 3.05) is 25.5 Å². The number of nitrogens with one attached hydrogen (secondary N) is 1. The standard InChI is InChI=1S/C19H21N3OS2/c1-13-21-17(12-24-13)18-9-8-16(25-18)10-11-20-19(23)14-4-6-15(7-5-14)22(2)3/h4-9,12H,10-11H2,1-3H3,(H,20,23). The summed E-state index contributed by atoms with van der Waals surface area (Å²) in [6.07, 6.45) is 0.829. The molecule has 4 nitrogen and oxygen atoms in total. The van der Waals surface area contributed by atoms with Crippen LogP contribution in [0.15, 0.2) is 41.8 Å². The normalized spacial score (nSPS) is 10.7. The molecule has 0 aliphatic carbocycles. The van der Waals surface area contributed by atoms with E-state index >= 15 is 0 Å². The first-order valence-electron chi connectivity index (χ1n) is 8.10. The van der Waals surface area contributed by atoms with Crippen molar-refractivity contribution in [3.63, 3.8) is 0 Å². The van der Waals surface area contributed by atoms with E-state index in [1.165, 1.54) is 9.75 Å². The smallest absolute Gasteiger partial charge is 0.251 e. The van der Waals surface area contributed by atoms with Crippen molar-refractivity contribution in [3.8, 4) is 10.6 Å². The molecule has 130 valence electrons. The lowest BCUT2D eigenvalue weighted by atomic mass is 10.2. The van der Waals surface area contributed by atoms with Crippen LogP contribution in [0.4, 0.5) is 5.69 Å². The van der Waals surface area contributed by atoms with Gasteiger partial charge >= 0.3 is 0 Å². The molecule has 0 radical (unpaired) electrons. The summed E-state index contributed by atoms with van der Waals surface area (Å²) in [5, 5.41) is 6.16. The Morgan fingerprint density at radius 1 is 1.16 bits per heavy atom. The molecule has 0 spiro atoms. The summed E-state index contributed by atoms with van der Waals surface area (Å²) in [6.45, 7) is 2.65. The maximum Gasteiger partial charge on any atom is 0.251 e. The van der Waals surface area contributed by atoms with Crippen LogP contribution in [-0.4, -0.2) is 31.5 Å². The van der Waals surface area contributed by atoms with E-state index in [0.717, 1.165) is 22.8 Å². The zero-order chi connectivity index (χ0) is 17.8. The third-order valence-electron chi connectivity index (χ3n) is 3.84. The molecule has 0 unspecified atom stereocenters. The molecule has 25 heavy (non-hydrogen) atoms. The molecule has 3 rings (SSSR count). The molecule has 0 fully saturated rings. The number of hydrogen-bond acceptors (Lipinski definition) is 5. The largest absolute Gasteiger partial charge is 0.378 e. The van der Waals surface area contributed by atoms with Crippen molar-refractivity contribution in [2.24, 2.45) is 0 Å². The average molecular weight is 372 g/mol. The van der Waals surface area contributed by atoms with Gasteiger partial charge in [-0.15, -0.1) is 22.7 Å². The fourth-order valence-electron chi connectivity index (χ4n) is 2.44. The fourth-order valence-corrected chi connectivity index (χ4v) is 4.09. The molecular weight excluding hydrogens is 350 g/mol. The Balaban J connectivity index is 1.52. The highest BCUT2D eigenvalue weighted by atomic mass is 32.1. The summed E-state index contributed by atoms with van der Waals surface area (Å²) in [5.41, 5.74) is 2.82. The van der Waals surface area contributed by atoms with E-state index in [4.69, 9.17) is 0 Å². The number of amides is 1. The zero-order valence-corrected chi connectivity index (χ0v) is 16.2. The van der Waals surface area contributed by atoms with Gasteiger partial charge in [-0.2, -0.15) is 0 Å². The minimum Gasteiger partial charge on any atom is -0.378 e. The number of anilines is 1. The highest BCUT2D eigenvalue weighted by molar-refractivity contribution is 7.16. The molecular formula is C19H21N3OS2. The molecule has 0 bridgehead atoms. The predicted molar refractivity (Wildman–Crippen MR) is 107 cm³/mol. The second-order valence-electron chi connectivity index (χ2n) is 5.96. The Bertz CT molecular complexity index is 850. The molecule has 0 aliphatic rings. The summed E-state index contributed by atoms with van der Waals surface area (Å²) in [6, 6.07) is 11.9. The van der Waals surface area contributed by atoms with E-state index in [1.807, 2.05) is 50.2 Å². The Morgan fingerprint density at radius 2 is 1.92 bits per heavy atom. The van der Waals surface area contributed by atoms with Gasteiger partial charge < -0.3 is 10.2 Å². The Morgan fingerprint density at radius 3 is 2.56 bits per heavy atom. The van der Waals surface area contributed by atoms with Crippen molar-refractivity contribution in [1.29, 1.82) is 0 Å². The Hall–Kier alpha value is -2.18.